The molecule has 2 amide bonds. The zero-order valence-corrected chi connectivity index (χ0v) is 12.2. The van der Waals surface area contributed by atoms with Gasteiger partial charge in [-0.2, -0.15) is 0 Å². The van der Waals surface area contributed by atoms with Gasteiger partial charge in [-0.15, -0.1) is 0 Å². The highest BCUT2D eigenvalue weighted by molar-refractivity contribution is 9.10. The maximum atomic E-state index is 11.7. The van der Waals surface area contributed by atoms with E-state index in [1.54, 1.807) is 6.07 Å². The van der Waals surface area contributed by atoms with Crippen LogP contribution in [0.5, 0.6) is 0 Å². The van der Waals surface area contributed by atoms with Crippen molar-refractivity contribution in [2.45, 2.75) is 12.5 Å². The van der Waals surface area contributed by atoms with E-state index in [1.807, 2.05) is 12.2 Å². The van der Waals surface area contributed by atoms with Crippen molar-refractivity contribution in [3.63, 3.8) is 0 Å². The number of carbonyl (C=O) groups is 2. The SMILES string of the molecule is O=C(CNC(=O)c1ccc(Br)o1)N[C@@H]1C=C[C@H](CO)C1. The third kappa shape index (κ3) is 3.94. The maximum Gasteiger partial charge on any atom is 0.287 e. The van der Waals surface area contributed by atoms with E-state index in [4.69, 9.17) is 9.52 Å². The summed E-state index contributed by atoms with van der Waals surface area (Å²) in [7, 11) is 0. The van der Waals surface area contributed by atoms with Gasteiger partial charge in [0.1, 0.15) is 0 Å². The lowest BCUT2D eigenvalue weighted by molar-refractivity contribution is -0.120. The van der Waals surface area contributed by atoms with Crippen LogP contribution in [0.2, 0.25) is 0 Å². The summed E-state index contributed by atoms with van der Waals surface area (Å²) in [6, 6.07) is 3.03. The van der Waals surface area contributed by atoms with Crippen molar-refractivity contribution in [1.82, 2.24) is 10.6 Å². The third-order valence-electron chi connectivity index (χ3n) is 2.96. The molecule has 0 aliphatic heterocycles. The van der Waals surface area contributed by atoms with Gasteiger partial charge < -0.3 is 20.2 Å². The Morgan fingerprint density at radius 3 is 2.80 bits per heavy atom. The first kappa shape index (κ1) is 14.8. The third-order valence-corrected chi connectivity index (χ3v) is 3.39. The fourth-order valence-corrected chi connectivity index (χ4v) is 2.27. The summed E-state index contributed by atoms with van der Waals surface area (Å²) < 4.78 is 5.53. The van der Waals surface area contributed by atoms with Crippen molar-refractivity contribution in [2.24, 2.45) is 5.92 Å². The Morgan fingerprint density at radius 2 is 2.20 bits per heavy atom. The van der Waals surface area contributed by atoms with E-state index in [-0.39, 0.29) is 36.8 Å². The van der Waals surface area contributed by atoms with Gasteiger partial charge in [-0.25, -0.2) is 0 Å². The Hall–Kier alpha value is -1.60. The zero-order valence-electron chi connectivity index (χ0n) is 10.6. The quantitative estimate of drug-likeness (QED) is 0.691. The van der Waals surface area contributed by atoms with E-state index < -0.39 is 5.91 Å². The molecule has 1 aromatic heterocycles. The monoisotopic (exact) mass is 342 g/mol. The normalized spacial score (nSPS) is 20.9. The van der Waals surface area contributed by atoms with Crippen LogP contribution in [0.25, 0.3) is 0 Å². The summed E-state index contributed by atoms with van der Waals surface area (Å²) in [6.45, 7) is -0.0434. The minimum absolute atomic E-state index is 0.0764. The van der Waals surface area contributed by atoms with Crippen molar-refractivity contribution < 1.29 is 19.1 Å². The van der Waals surface area contributed by atoms with Crippen molar-refractivity contribution in [3.8, 4) is 0 Å². The van der Waals surface area contributed by atoms with Crippen LogP contribution >= 0.6 is 15.9 Å². The molecule has 0 bridgehead atoms. The van der Waals surface area contributed by atoms with E-state index in [9.17, 15) is 9.59 Å². The lowest BCUT2D eigenvalue weighted by Gasteiger charge is -2.12. The number of furan rings is 1. The Balaban J connectivity index is 1.73. The molecule has 1 heterocycles. The molecule has 0 fully saturated rings. The smallest absolute Gasteiger partial charge is 0.287 e. The Kier molecular flexibility index (Phi) is 4.97. The molecule has 0 unspecified atom stereocenters. The number of amides is 2. The molecule has 1 aliphatic rings. The summed E-state index contributed by atoms with van der Waals surface area (Å²) in [5, 5.41) is 14.2. The predicted molar refractivity (Wildman–Crippen MR) is 75.0 cm³/mol. The molecule has 7 heteroatoms. The summed E-state index contributed by atoms with van der Waals surface area (Å²) in [5.41, 5.74) is 0. The average Bonchev–Trinajstić information content (AvgIpc) is 3.05. The van der Waals surface area contributed by atoms with E-state index >= 15 is 0 Å². The van der Waals surface area contributed by atoms with Crippen molar-refractivity contribution in [2.75, 3.05) is 13.2 Å². The van der Waals surface area contributed by atoms with Gasteiger partial charge in [-0.1, -0.05) is 12.2 Å². The Bertz CT molecular complexity index is 526. The molecule has 108 valence electrons. The molecule has 0 saturated carbocycles. The fraction of sp³-hybridized carbons (Fsp3) is 0.385. The number of halogens is 1. The number of nitrogens with one attached hydrogen (secondary N) is 2. The van der Waals surface area contributed by atoms with Gasteiger partial charge in [-0.3, -0.25) is 9.59 Å². The number of carbonyl (C=O) groups excluding carboxylic acids is 2. The Labute approximate surface area is 124 Å². The lowest BCUT2D eigenvalue weighted by atomic mass is 10.1. The molecule has 0 spiro atoms. The van der Waals surface area contributed by atoms with Crippen molar-refractivity contribution >= 4 is 27.7 Å². The maximum absolute atomic E-state index is 11.7. The van der Waals surface area contributed by atoms with Crippen LogP contribution in [0.15, 0.2) is 33.4 Å². The summed E-state index contributed by atoms with van der Waals surface area (Å²) >= 11 is 3.10. The minimum Gasteiger partial charge on any atom is -0.444 e. The van der Waals surface area contributed by atoms with Crippen molar-refractivity contribution in [1.29, 1.82) is 0 Å². The van der Waals surface area contributed by atoms with Crippen LogP contribution in [0.1, 0.15) is 17.0 Å². The molecule has 1 aromatic rings. The van der Waals surface area contributed by atoms with Crippen LogP contribution in [-0.2, 0) is 4.79 Å². The Morgan fingerprint density at radius 1 is 1.40 bits per heavy atom. The molecule has 3 N–H and O–H groups in total. The number of aliphatic hydroxyl groups is 1. The molecule has 1 aliphatic carbocycles. The summed E-state index contributed by atoms with van der Waals surface area (Å²) in [5.74, 6) is -0.487. The van der Waals surface area contributed by atoms with Crippen LogP contribution in [-0.4, -0.2) is 36.1 Å². The highest BCUT2D eigenvalue weighted by Gasteiger charge is 2.20. The topological polar surface area (TPSA) is 91.6 Å². The summed E-state index contributed by atoms with van der Waals surface area (Å²) in [4.78, 5) is 23.3. The molecule has 0 aromatic carbocycles. The number of aliphatic hydroxyl groups excluding tert-OH is 1. The first-order chi connectivity index (χ1) is 9.58. The number of hydrogen-bond acceptors (Lipinski definition) is 4. The zero-order chi connectivity index (χ0) is 14.5. The van der Waals surface area contributed by atoms with Gasteiger partial charge in [0.2, 0.25) is 5.91 Å². The molecular weight excluding hydrogens is 328 g/mol. The molecule has 2 atom stereocenters. The standard InChI is InChI=1S/C13H15BrN2O4/c14-11-4-3-10(20-11)13(19)15-6-12(18)16-9-2-1-8(5-9)7-17/h1-4,8-9,17H,5-7H2,(H,15,19)(H,16,18)/t8-,9+/m0/s1. The van der Waals surface area contributed by atoms with Crippen molar-refractivity contribution in [3.05, 3.63) is 34.7 Å². The first-order valence-corrected chi connectivity index (χ1v) is 7.00. The van der Waals surface area contributed by atoms with Gasteiger partial charge in [0, 0.05) is 18.6 Å². The van der Waals surface area contributed by atoms with Gasteiger partial charge in [-0.05, 0) is 34.5 Å². The number of hydrogen-bond donors (Lipinski definition) is 3. The largest absolute Gasteiger partial charge is 0.444 e. The van der Waals surface area contributed by atoms with E-state index in [1.165, 1.54) is 6.07 Å². The molecule has 20 heavy (non-hydrogen) atoms. The first-order valence-electron chi connectivity index (χ1n) is 6.20. The molecule has 6 nitrogen and oxygen atoms in total. The second-order valence-corrected chi connectivity index (χ2v) is 5.31. The summed E-state index contributed by atoms with van der Waals surface area (Å²) in [6.07, 6.45) is 4.41. The highest BCUT2D eigenvalue weighted by atomic mass is 79.9. The van der Waals surface area contributed by atoms with Crippen LogP contribution < -0.4 is 10.6 Å². The van der Waals surface area contributed by atoms with E-state index in [2.05, 4.69) is 26.6 Å². The second kappa shape index (κ2) is 6.71. The average molecular weight is 343 g/mol. The predicted octanol–water partition coefficient (Wildman–Crippen LogP) is 0.825. The molecule has 0 radical (unpaired) electrons. The van der Waals surface area contributed by atoms with Crippen LogP contribution in [0.4, 0.5) is 0 Å². The molecule has 0 saturated heterocycles. The van der Waals surface area contributed by atoms with Gasteiger partial charge in [0.15, 0.2) is 10.4 Å². The molecular formula is C13H15BrN2O4. The lowest BCUT2D eigenvalue weighted by Crippen LogP contribution is -2.41. The van der Waals surface area contributed by atoms with Gasteiger partial charge in [0.05, 0.1) is 6.54 Å². The minimum atomic E-state index is -0.443. The van der Waals surface area contributed by atoms with E-state index in [0.29, 0.717) is 11.1 Å². The van der Waals surface area contributed by atoms with Crippen LogP contribution in [0.3, 0.4) is 0 Å². The van der Waals surface area contributed by atoms with Gasteiger partial charge >= 0.3 is 0 Å². The number of rotatable bonds is 5. The highest BCUT2D eigenvalue weighted by Crippen LogP contribution is 2.16. The molecule has 2 rings (SSSR count). The second-order valence-electron chi connectivity index (χ2n) is 4.52. The van der Waals surface area contributed by atoms with Crippen LogP contribution in [0, 0.1) is 5.92 Å². The van der Waals surface area contributed by atoms with Gasteiger partial charge in [0.25, 0.3) is 5.91 Å². The fourth-order valence-electron chi connectivity index (χ4n) is 1.96. The van der Waals surface area contributed by atoms with E-state index in [0.717, 1.165) is 0 Å².